The molecule has 1 fully saturated rings. The lowest BCUT2D eigenvalue weighted by molar-refractivity contribution is 0.0941. The van der Waals surface area contributed by atoms with E-state index in [1.807, 2.05) is 6.92 Å². The summed E-state index contributed by atoms with van der Waals surface area (Å²) in [5, 5.41) is 7.95. The van der Waals surface area contributed by atoms with Crippen LogP contribution in [0.1, 0.15) is 37.7 Å². The minimum atomic E-state index is -3.79. The lowest BCUT2D eigenvalue weighted by atomic mass is 10.1. The van der Waals surface area contributed by atoms with E-state index in [4.69, 9.17) is 5.14 Å². The Hall–Kier alpha value is -1.34. The van der Waals surface area contributed by atoms with Gasteiger partial charge in [-0.2, -0.15) is 0 Å². The van der Waals surface area contributed by atoms with Crippen LogP contribution in [0.15, 0.2) is 17.2 Å². The molecule has 0 spiro atoms. The molecule has 0 saturated heterocycles. The summed E-state index contributed by atoms with van der Waals surface area (Å²) in [5.41, 5.74) is 0.626. The Morgan fingerprint density at radius 1 is 1.55 bits per heavy atom. The van der Waals surface area contributed by atoms with Crippen molar-refractivity contribution in [2.45, 2.75) is 38.6 Å². The predicted molar refractivity (Wildman–Crippen MR) is 75.7 cm³/mol. The quantitative estimate of drug-likeness (QED) is 0.847. The van der Waals surface area contributed by atoms with Crippen molar-refractivity contribution in [3.8, 4) is 0 Å². The molecule has 1 aliphatic rings. The van der Waals surface area contributed by atoms with Gasteiger partial charge in [0.25, 0.3) is 5.91 Å². The van der Waals surface area contributed by atoms with E-state index >= 15 is 0 Å². The summed E-state index contributed by atoms with van der Waals surface area (Å²) in [5.74, 6) is 0.235. The Balaban J connectivity index is 2.11. The average Bonchev–Trinajstić information content (AvgIpc) is 2.77. The van der Waals surface area contributed by atoms with Crippen LogP contribution in [0.3, 0.4) is 0 Å². The molecule has 1 heterocycles. The number of sulfonamides is 1. The van der Waals surface area contributed by atoms with Gasteiger partial charge in [0.1, 0.15) is 10.6 Å². The highest BCUT2D eigenvalue weighted by atomic mass is 32.2. The minimum absolute atomic E-state index is 0.0312. The van der Waals surface area contributed by atoms with Crippen LogP contribution in [0, 0.1) is 11.3 Å². The fraction of sp³-hybridized carbons (Fsp3) is 0.615. The second-order valence-electron chi connectivity index (χ2n) is 5.99. The van der Waals surface area contributed by atoms with E-state index in [2.05, 4.69) is 19.2 Å². The number of rotatable bonds is 5. The number of carbonyl (C=O) groups excluding carboxylic acids is 1. The van der Waals surface area contributed by atoms with Crippen LogP contribution in [0.4, 0.5) is 0 Å². The fourth-order valence-electron chi connectivity index (χ4n) is 2.32. The predicted octanol–water partition coefficient (Wildman–Crippen LogP) is 0.931. The van der Waals surface area contributed by atoms with Gasteiger partial charge in [0, 0.05) is 19.3 Å². The van der Waals surface area contributed by atoms with E-state index < -0.39 is 10.0 Å². The van der Waals surface area contributed by atoms with Gasteiger partial charge in [0.05, 0.1) is 0 Å². The Bertz CT molecular complexity index is 631. The molecule has 1 atom stereocenters. The first kappa shape index (κ1) is 15.1. The first-order valence-corrected chi connectivity index (χ1v) is 8.21. The van der Waals surface area contributed by atoms with Gasteiger partial charge in [0.15, 0.2) is 0 Å². The molecule has 0 aliphatic heterocycles. The molecule has 20 heavy (non-hydrogen) atoms. The number of hydrogen-bond acceptors (Lipinski definition) is 3. The van der Waals surface area contributed by atoms with E-state index in [-0.39, 0.29) is 10.8 Å². The van der Waals surface area contributed by atoms with Crippen LogP contribution in [-0.4, -0.2) is 25.4 Å². The van der Waals surface area contributed by atoms with E-state index in [1.165, 1.54) is 12.3 Å². The van der Waals surface area contributed by atoms with E-state index in [0.717, 1.165) is 6.42 Å². The maximum absolute atomic E-state index is 12.1. The van der Waals surface area contributed by atoms with Gasteiger partial charge in [-0.05, 0) is 30.7 Å². The second kappa shape index (κ2) is 4.89. The van der Waals surface area contributed by atoms with Crippen molar-refractivity contribution >= 4 is 15.9 Å². The van der Waals surface area contributed by atoms with Gasteiger partial charge in [-0.25, -0.2) is 13.6 Å². The molecule has 112 valence electrons. The van der Waals surface area contributed by atoms with Gasteiger partial charge in [0.2, 0.25) is 10.0 Å². The van der Waals surface area contributed by atoms with Crippen LogP contribution < -0.4 is 10.5 Å². The Morgan fingerprint density at radius 2 is 2.15 bits per heavy atom. The first-order valence-electron chi connectivity index (χ1n) is 6.66. The summed E-state index contributed by atoms with van der Waals surface area (Å²) in [6.07, 6.45) is 2.50. The number of carbonyl (C=O) groups is 1. The monoisotopic (exact) mass is 299 g/mol. The van der Waals surface area contributed by atoms with Gasteiger partial charge in [-0.15, -0.1) is 0 Å². The molecule has 1 aromatic rings. The van der Waals surface area contributed by atoms with Crippen molar-refractivity contribution in [2.24, 2.45) is 16.5 Å². The molecule has 1 saturated carbocycles. The second-order valence-corrected chi connectivity index (χ2v) is 7.55. The lowest BCUT2D eigenvalue weighted by Gasteiger charge is -2.08. The minimum Gasteiger partial charge on any atom is -0.350 e. The Kier molecular flexibility index (Phi) is 3.68. The van der Waals surface area contributed by atoms with Crippen LogP contribution in [0.2, 0.25) is 0 Å². The molecule has 0 aromatic carbocycles. The van der Waals surface area contributed by atoms with Gasteiger partial charge in [-0.1, -0.05) is 13.8 Å². The van der Waals surface area contributed by atoms with Gasteiger partial charge in [-0.3, -0.25) is 4.79 Å². The van der Waals surface area contributed by atoms with Crippen LogP contribution >= 0.6 is 0 Å². The van der Waals surface area contributed by atoms with Crippen molar-refractivity contribution in [1.29, 1.82) is 0 Å². The largest absolute Gasteiger partial charge is 0.350 e. The molecule has 1 aromatic heterocycles. The molecular weight excluding hydrogens is 278 g/mol. The summed E-state index contributed by atoms with van der Waals surface area (Å²) in [6, 6.07) is 1.33. The molecule has 1 amide bonds. The van der Waals surface area contributed by atoms with Crippen molar-refractivity contribution in [2.75, 3.05) is 6.54 Å². The number of hydrogen-bond donors (Lipinski definition) is 2. The zero-order chi connectivity index (χ0) is 15.1. The van der Waals surface area contributed by atoms with Gasteiger partial charge < -0.3 is 9.88 Å². The summed E-state index contributed by atoms with van der Waals surface area (Å²) >= 11 is 0. The highest BCUT2D eigenvalue weighted by Gasteiger charge is 2.45. The van der Waals surface area contributed by atoms with E-state index in [0.29, 0.717) is 30.1 Å². The molecule has 1 aliphatic carbocycles. The summed E-state index contributed by atoms with van der Waals surface area (Å²) < 4.78 is 24.3. The SMILES string of the molecule is CCn1cc(S(N)(=O)=O)cc1C(=O)NCC1CC1(C)C. The third-order valence-electron chi connectivity index (χ3n) is 4.00. The molecule has 1 unspecified atom stereocenters. The third kappa shape index (κ3) is 3.04. The maximum Gasteiger partial charge on any atom is 0.267 e. The van der Waals surface area contributed by atoms with Crippen LogP contribution in [-0.2, 0) is 16.6 Å². The highest BCUT2D eigenvalue weighted by Crippen LogP contribution is 2.50. The van der Waals surface area contributed by atoms with E-state index in [9.17, 15) is 13.2 Å². The van der Waals surface area contributed by atoms with Crippen molar-refractivity contribution in [3.05, 3.63) is 18.0 Å². The Morgan fingerprint density at radius 3 is 2.60 bits per heavy atom. The number of nitrogens with one attached hydrogen (secondary N) is 1. The molecule has 0 bridgehead atoms. The summed E-state index contributed by atoms with van der Waals surface area (Å²) in [6.45, 7) is 7.29. The molecular formula is C13H21N3O3S. The number of nitrogens with zero attached hydrogens (tertiary/aromatic N) is 1. The van der Waals surface area contributed by atoms with Crippen LogP contribution in [0.5, 0.6) is 0 Å². The number of aryl methyl sites for hydroxylation is 1. The zero-order valence-corrected chi connectivity index (χ0v) is 12.8. The maximum atomic E-state index is 12.1. The smallest absolute Gasteiger partial charge is 0.267 e. The average molecular weight is 299 g/mol. The first-order chi connectivity index (χ1) is 9.15. The van der Waals surface area contributed by atoms with Crippen molar-refractivity contribution in [1.82, 2.24) is 9.88 Å². The third-order valence-corrected chi connectivity index (χ3v) is 4.88. The molecule has 7 heteroatoms. The number of nitrogens with two attached hydrogens (primary N) is 1. The van der Waals surface area contributed by atoms with Crippen molar-refractivity contribution in [3.63, 3.8) is 0 Å². The number of primary sulfonamides is 1. The summed E-state index contributed by atoms with van der Waals surface area (Å²) in [7, 11) is -3.79. The molecule has 3 N–H and O–H groups in total. The van der Waals surface area contributed by atoms with Crippen LogP contribution in [0.25, 0.3) is 0 Å². The topological polar surface area (TPSA) is 94.2 Å². The standard InChI is InChI=1S/C13H21N3O3S/c1-4-16-8-10(20(14,18)19)5-11(16)12(17)15-7-9-6-13(9,2)3/h5,8-9H,4,6-7H2,1-3H3,(H,15,17)(H2,14,18,19). The number of aromatic nitrogens is 1. The Labute approximate surface area is 119 Å². The summed E-state index contributed by atoms with van der Waals surface area (Å²) in [4.78, 5) is 12.1. The van der Waals surface area contributed by atoms with Gasteiger partial charge >= 0.3 is 0 Å². The normalized spacial score (nSPS) is 20.7. The number of amides is 1. The highest BCUT2D eigenvalue weighted by molar-refractivity contribution is 7.89. The molecule has 0 radical (unpaired) electrons. The molecule has 6 nitrogen and oxygen atoms in total. The fourth-order valence-corrected chi connectivity index (χ4v) is 2.87. The van der Waals surface area contributed by atoms with Crippen molar-refractivity contribution < 1.29 is 13.2 Å². The van der Waals surface area contributed by atoms with E-state index in [1.54, 1.807) is 4.57 Å². The lowest BCUT2D eigenvalue weighted by Crippen LogP contribution is -2.28. The molecule has 2 rings (SSSR count). The zero-order valence-electron chi connectivity index (χ0n) is 12.0.